The quantitative estimate of drug-likeness (QED) is 0.137. The average Bonchev–Trinajstić information content (AvgIpc) is 3.14. The van der Waals surface area contributed by atoms with Crippen molar-refractivity contribution in [2.24, 2.45) is 4.99 Å². The van der Waals surface area contributed by atoms with Gasteiger partial charge in [-0.1, -0.05) is 30.3 Å². The molecule has 3 aromatic carbocycles. The van der Waals surface area contributed by atoms with Crippen molar-refractivity contribution in [3.8, 4) is 5.75 Å². The Morgan fingerprint density at radius 3 is 2.50 bits per heavy atom. The third-order valence-electron chi connectivity index (χ3n) is 4.86. The van der Waals surface area contributed by atoms with Gasteiger partial charge in [0.25, 0.3) is 5.69 Å². The van der Waals surface area contributed by atoms with E-state index in [1.54, 1.807) is 19.1 Å². The number of nitrogens with zero attached hydrogens (tertiary/aromatic N) is 2. The fourth-order valence-corrected chi connectivity index (χ4v) is 3.50. The highest BCUT2D eigenvalue weighted by atomic mass is 127. The number of cyclic esters (lactones) is 1. The number of esters is 1. The first-order valence-corrected chi connectivity index (χ1v) is 10.7. The van der Waals surface area contributed by atoms with Gasteiger partial charge in [-0.3, -0.25) is 10.1 Å². The number of benzene rings is 3. The fourth-order valence-electron chi connectivity index (χ4n) is 3.14. The number of carbonyl (C=O) groups excluding carboxylic acids is 1. The first-order valence-electron chi connectivity index (χ1n) is 9.65. The molecule has 1 aliphatic rings. The maximum absolute atomic E-state index is 12.3. The van der Waals surface area contributed by atoms with Crippen molar-refractivity contribution in [3.05, 3.63) is 108 Å². The molecule has 3 aromatic rings. The van der Waals surface area contributed by atoms with E-state index < -0.39 is 10.9 Å². The normalized spacial score (nSPS) is 14.2. The molecule has 8 heteroatoms. The smallest absolute Gasteiger partial charge is 0.363 e. The van der Waals surface area contributed by atoms with Gasteiger partial charge in [-0.05, 0) is 77.0 Å². The van der Waals surface area contributed by atoms with Crippen LogP contribution >= 0.6 is 22.6 Å². The van der Waals surface area contributed by atoms with Gasteiger partial charge in [0.2, 0.25) is 5.90 Å². The van der Waals surface area contributed by atoms with Crippen LogP contribution in [0.5, 0.6) is 5.75 Å². The fraction of sp³-hybridized carbons (Fsp3) is 0.0833. The van der Waals surface area contributed by atoms with Gasteiger partial charge in [0, 0.05) is 20.8 Å². The number of nitro benzene ring substituents is 1. The van der Waals surface area contributed by atoms with Crippen molar-refractivity contribution in [1.29, 1.82) is 0 Å². The van der Waals surface area contributed by atoms with Crippen molar-refractivity contribution in [2.75, 3.05) is 0 Å². The van der Waals surface area contributed by atoms with E-state index in [2.05, 4.69) is 27.6 Å². The van der Waals surface area contributed by atoms with Gasteiger partial charge in [-0.2, -0.15) is 0 Å². The molecule has 0 atom stereocenters. The summed E-state index contributed by atoms with van der Waals surface area (Å²) >= 11 is 2.26. The van der Waals surface area contributed by atoms with Crippen LogP contribution in [-0.2, 0) is 16.1 Å². The van der Waals surface area contributed by atoms with Gasteiger partial charge in [0.05, 0.1) is 4.92 Å². The van der Waals surface area contributed by atoms with Gasteiger partial charge in [0.15, 0.2) is 5.70 Å². The highest BCUT2D eigenvalue weighted by Crippen LogP contribution is 2.26. The van der Waals surface area contributed by atoms with Crippen molar-refractivity contribution in [3.63, 3.8) is 0 Å². The maximum atomic E-state index is 12.3. The highest BCUT2D eigenvalue weighted by molar-refractivity contribution is 14.1. The van der Waals surface area contributed by atoms with E-state index in [-0.39, 0.29) is 17.3 Å². The first-order chi connectivity index (χ1) is 15.4. The third kappa shape index (κ3) is 4.86. The Kier molecular flexibility index (Phi) is 6.31. The summed E-state index contributed by atoms with van der Waals surface area (Å²) in [7, 11) is 0. The Hall–Kier alpha value is -3.53. The molecule has 0 saturated carbocycles. The number of halogens is 1. The van der Waals surface area contributed by atoms with Crippen molar-refractivity contribution >= 4 is 46.2 Å². The van der Waals surface area contributed by atoms with E-state index in [9.17, 15) is 14.9 Å². The van der Waals surface area contributed by atoms with Gasteiger partial charge in [-0.15, -0.1) is 0 Å². The van der Waals surface area contributed by atoms with E-state index in [1.807, 2.05) is 48.5 Å². The van der Waals surface area contributed by atoms with Crippen LogP contribution in [0.4, 0.5) is 5.69 Å². The lowest BCUT2D eigenvalue weighted by Gasteiger charge is -2.06. The Bertz CT molecular complexity index is 1250. The van der Waals surface area contributed by atoms with Crippen LogP contribution in [0.3, 0.4) is 0 Å². The number of ether oxygens (including phenoxy) is 2. The lowest BCUT2D eigenvalue weighted by Crippen LogP contribution is -2.08. The van der Waals surface area contributed by atoms with Gasteiger partial charge in [0.1, 0.15) is 12.4 Å². The van der Waals surface area contributed by atoms with E-state index >= 15 is 0 Å². The molecule has 0 aliphatic carbocycles. The van der Waals surface area contributed by atoms with Crippen LogP contribution in [0.15, 0.2) is 77.4 Å². The zero-order valence-electron chi connectivity index (χ0n) is 16.9. The van der Waals surface area contributed by atoms with Crippen molar-refractivity contribution in [2.45, 2.75) is 13.5 Å². The monoisotopic (exact) mass is 540 g/mol. The summed E-state index contributed by atoms with van der Waals surface area (Å²) in [6, 6.07) is 19.9. The average molecular weight is 540 g/mol. The van der Waals surface area contributed by atoms with Crippen molar-refractivity contribution < 1.29 is 19.2 Å². The lowest BCUT2D eigenvalue weighted by atomic mass is 10.1. The largest absolute Gasteiger partial charge is 0.489 e. The van der Waals surface area contributed by atoms with Crippen LogP contribution in [0.2, 0.25) is 0 Å². The van der Waals surface area contributed by atoms with Crippen LogP contribution in [0.25, 0.3) is 6.08 Å². The minimum atomic E-state index is -0.607. The Labute approximate surface area is 197 Å². The Morgan fingerprint density at radius 1 is 1.09 bits per heavy atom. The Morgan fingerprint density at radius 2 is 1.81 bits per heavy atom. The molecule has 1 heterocycles. The molecular formula is C24H17IN2O5. The van der Waals surface area contributed by atoms with Gasteiger partial charge < -0.3 is 9.47 Å². The zero-order chi connectivity index (χ0) is 22.7. The molecule has 0 saturated heterocycles. The van der Waals surface area contributed by atoms with Crippen LogP contribution < -0.4 is 4.74 Å². The number of aliphatic imine (C=N–C) groups is 1. The van der Waals surface area contributed by atoms with E-state index in [0.29, 0.717) is 23.5 Å². The molecule has 0 N–H and O–H groups in total. The van der Waals surface area contributed by atoms with Gasteiger partial charge >= 0.3 is 5.97 Å². The predicted octanol–water partition coefficient (Wildman–Crippen LogP) is 5.43. The molecule has 0 radical (unpaired) electrons. The summed E-state index contributed by atoms with van der Waals surface area (Å²) in [5.41, 5.74) is 2.69. The summed E-state index contributed by atoms with van der Waals surface area (Å²) in [5.74, 6) is 0.154. The number of rotatable bonds is 6. The Balaban J connectivity index is 1.49. The molecule has 0 aromatic heterocycles. The lowest BCUT2D eigenvalue weighted by molar-refractivity contribution is -0.385. The molecule has 160 valence electrons. The van der Waals surface area contributed by atoms with Crippen LogP contribution in [0, 0.1) is 20.6 Å². The van der Waals surface area contributed by atoms with E-state index in [0.717, 1.165) is 11.1 Å². The molecule has 4 rings (SSSR count). The third-order valence-corrected chi connectivity index (χ3v) is 5.57. The number of carbonyl (C=O) groups is 1. The standard InChI is InChI=1S/C24H17IN2O5/c1-15-20(3-2-4-22(15)27(29)30)23-26-21(24(28)32-23)13-16-7-11-19(12-8-16)31-14-17-5-9-18(25)10-6-17/h2-13H,14H2,1H3/b21-13-. The molecule has 0 amide bonds. The first kappa shape index (κ1) is 21.7. The topological polar surface area (TPSA) is 91.0 Å². The summed E-state index contributed by atoms with van der Waals surface area (Å²) in [6.07, 6.45) is 1.60. The molecular weight excluding hydrogens is 523 g/mol. The predicted molar refractivity (Wildman–Crippen MR) is 128 cm³/mol. The maximum Gasteiger partial charge on any atom is 0.363 e. The minimum Gasteiger partial charge on any atom is -0.489 e. The summed E-state index contributed by atoms with van der Waals surface area (Å²) in [5, 5.41) is 11.2. The molecule has 0 spiro atoms. The summed E-state index contributed by atoms with van der Waals surface area (Å²) < 4.78 is 12.2. The zero-order valence-corrected chi connectivity index (χ0v) is 19.1. The number of hydrogen-bond donors (Lipinski definition) is 0. The second-order valence-electron chi connectivity index (χ2n) is 7.03. The minimum absolute atomic E-state index is 0.0555. The molecule has 32 heavy (non-hydrogen) atoms. The SMILES string of the molecule is Cc1c(C2=N/C(=C\c3ccc(OCc4ccc(I)cc4)cc3)C(=O)O2)cccc1[N+](=O)[O-]. The van der Waals surface area contributed by atoms with Crippen LogP contribution in [0.1, 0.15) is 22.3 Å². The van der Waals surface area contributed by atoms with E-state index in [1.165, 1.54) is 15.7 Å². The number of nitro groups is 1. The highest BCUT2D eigenvalue weighted by Gasteiger charge is 2.27. The molecule has 0 bridgehead atoms. The molecule has 0 unspecified atom stereocenters. The van der Waals surface area contributed by atoms with Gasteiger partial charge in [-0.25, -0.2) is 9.79 Å². The van der Waals surface area contributed by atoms with Crippen LogP contribution in [-0.4, -0.2) is 16.8 Å². The molecule has 1 aliphatic heterocycles. The molecule has 7 nitrogen and oxygen atoms in total. The number of hydrogen-bond acceptors (Lipinski definition) is 6. The molecule has 0 fully saturated rings. The summed E-state index contributed by atoms with van der Waals surface area (Å²) in [6.45, 7) is 2.06. The van der Waals surface area contributed by atoms with Crippen molar-refractivity contribution in [1.82, 2.24) is 0 Å². The summed E-state index contributed by atoms with van der Waals surface area (Å²) in [4.78, 5) is 27.2. The second-order valence-corrected chi connectivity index (χ2v) is 8.27. The second kappa shape index (κ2) is 9.31. The van der Waals surface area contributed by atoms with E-state index in [4.69, 9.17) is 9.47 Å².